The number of hydrogen-bond acceptors (Lipinski definition) is 4. The normalized spacial score (nSPS) is 12.1. The largest absolute Gasteiger partial charge is 0.416 e. The van der Waals surface area contributed by atoms with Gasteiger partial charge in [-0.2, -0.15) is 13.2 Å². The average molecular weight is 317 g/mol. The molecule has 1 heterocycles. The van der Waals surface area contributed by atoms with Gasteiger partial charge in [-0.3, -0.25) is 0 Å². The predicted octanol–water partition coefficient (Wildman–Crippen LogP) is 4.04. The number of nitrogens with zero attached hydrogens (tertiary/aromatic N) is 1. The zero-order chi connectivity index (χ0) is 15.5. The molecule has 0 aliphatic carbocycles. The number of ether oxygens (including phenoxy) is 2. The van der Waals surface area contributed by atoms with Crippen molar-refractivity contribution in [1.29, 1.82) is 0 Å². The van der Waals surface area contributed by atoms with Crippen LogP contribution in [0.15, 0.2) is 29.6 Å². The van der Waals surface area contributed by atoms with Gasteiger partial charge in [-0.1, -0.05) is 18.2 Å². The molecule has 3 nitrogen and oxygen atoms in total. The molecule has 7 heteroatoms. The van der Waals surface area contributed by atoms with E-state index in [0.29, 0.717) is 22.7 Å². The van der Waals surface area contributed by atoms with Gasteiger partial charge in [0.05, 0.1) is 10.6 Å². The van der Waals surface area contributed by atoms with Crippen LogP contribution in [0.25, 0.3) is 0 Å². The number of methoxy groups -OCH3 is 2. The summed E-state index contributed by atoms with van der Waals surface area (Å²) >= 11 is 1.36. The van der Waals surface area contributed by atoms with Crippen LogP contribution in [0.4, 0.5) is 13.2 Å². The van der Waals surface area contributed by atoms with Gasteiger partial charge in [-0.05, 0) is 11.6 Å². The van der Waals surface area contributed by atoms with Gasteiger partial charge in [0.2, 0.25) is 6.29 Å². The first-order valence-electron chi connectivity index (χ1n) is 6.10. The van der Waals surface area contributed by atoms with Crippen LogP contribution in [0.2, 0.25) is 0 Å². The summed E-state index contributed by atoms with van der Waals surface area (Å²) in [6.07, 6.45) is -4.55. The summed E-state index contributed by atoms with van der Waals surface area (Å²) in [5.41, 5.74) is 0.535. The lowest BCUT2D eigenvalue weighted by molar-refractivity contribution is -0.137. The minimum absolute atomic E-state index is 0.342. The zero-order valence-corrected chi connectivity index (χ0v) is 12.3. The zero-order valence-electron chi connectivity index (χ0n) is 11.5. The molecule has 0 spiro atoms. The fraction of sp³-hybridized carbons (Fsp3) is 0.357. The number of alkyl halides is 3. The van der Waals surface area contributed by atoms with E-state index in [1.165, 1.54) is 31.6 Å². The summed E-state index contributed by atoms with van der Waals surface area (Å²) in [6.45, 7) is 0. The Kier molecular flexibility index (Phi) is 4.97. The van der Waals surface area contributed by atoms with Crippen LogP contribution in [0.1, 0.15) is 28.1 Å². The van der Waals surface area contributed by atoms with Crippen molar-refractivity contribution < 1.29 is 22.6 Å². The van der Waals surface area contributed by atoms with Crippen LogP contribution in [0.3, 0.4) is 0 Å². The van der Waals surface area contributed by atoms with Crippen LogP contribution in [-0.2, 0) is 22.1 Å². The summed E-state index contributed by atoms with van der Waals surface area (Å²) in [5.74, 6) is 0. The second kappa shape index (κ2) is 6.55. The number of halogens is 3. The van der Waals surface area contributed by atoms with E-state index >= 15 is 0 Å². The van der Waals surface area contributed by atoms with Crippen LogP contribution in [-0.4, -0.2) is 19.2 Å². The predicted molar refractivity (Wildman–Crippen MR) is 73.1 cm³/mol. The Morgan fingerprint density at radius 1 is 1.24 bits per heavy atom. The van der Waals surface area contributed by atoms with Crippen molar-refractivity contribution in [2.45, 2.75) is 18.9 Å². The van der Waals surface area contributed by atoms with Gasteiger partial charge in [0.1, 0.15) is 5.69 Å². The highest BCUT2D eigenvalue weighted by Gasteiger charge is 2.30. The standard InChI is InChI=1S/C14H14F3NO2S/c1-19-13(20-2)11-8-21-12(18-11)7-9-4-3-5-10(6-9)14(15,16)17/h3-6,8,13H,7H2,1-2H3. The van der Waals surface area contributed by atoms with Gasteiger partial charge in [-0.25, -0.2) is 4.98 Å². The second-order valence-electron chi connectivity index (χ2n) is 4.34. The molecule has 2 rings (SSSR count). The van der Waals surface area contributed by atoms with Crippen molar-refractivity contribution in [3.8, 4) is 0 Å². The van der Waals surface area contributed by atoms with Crippen molar-refractivity contribution in [3.63, 3.8) is 0 Å². The Bertz CT molecular complexity index is 594. The molecule has 0 saturated heterocycles. The average Bonchev–Trinajstić information content (AvgIpc) is 2.88. The molecule has 114 valence electrons. The Morgan fingerprint density at radius 3 is 2.57 bits per heavy atom. The van der Waals surface area contributed by atoms with E-state index in [0.717, 1.165) is 12.1 Å². The van der Waals surface area contributed by atoms with E-state index in [9.17, 15) is 13.2 Å². The van der Waals surface area contributed by atoms with E-state index in [-0.39, 0.29) is 0 Å². The lowest BCUT2D eigenvalue weighted by atomic mass is 10.1. The van der Waals surface area contributed by atoms with Crippen molar-refractivity contribution in [3.05, 3.63) is 51.5 Å². The maximum Gasteiger partial charge on any atom is 0.416 e. The van der Waals surface area contributed by atoms with Crippen molar-refractivity contribution in [2.75, 3.05) is 14.2 Å². The molecule has 0 fully saturated rings. The molecule has 0 radical (unpaired) electrons. The van der Waals surface area contributed by atoms with Gasteiger partial charge in [0, 0.05) is 26.0 Å². The third-order valence-electron chi connectivity index (χ3n) is 2.85. The maximum absolute atomic E-state index is 12.7. The molecule has 21 heavy (non-hydrogen) atoms. The first-order chi connectivity index (χ1) is 9.94. The lowest BCUT2D eigenvalue weighted by Gasteiger charge is -2.09. The first-order valence-corrected chi connectivity index (χ1v) is 6.98. The quantitative estimate of drug-likeness (QED) is 0.780. The molecule has 0 bridgehead atoms. The highest BCUT2D eigenvalue weighted by molar-refractivity contribution is 7.09. The summed E-state index contributed by atoms with van der Waals surface area (Å²) in [7, 11) is 3.00. The molecule has 0 atom stereocenters. The third kappa shape index (κ3) is 4.03. The highest BCUT2D eigenvalue weighted by Crippen LogP contribution is 2.30. The Hall–Kier alpha value is -1.44. The van der Waals surface area contributed by atoms with E-state index < -0.39 is 18.0 Å². The Morgan fingerprint density at radius 2 is 1.95 bits per heavy atom. The highest BCUT2D eigenvalue weighted by atomic mass is 32.1. The smallest absolute Gasteiger partial charge is 0.350 e. The number of hydrogen-bond donors (Lipinski definition) is 0. The topological polar surface area (TPSA) is 31.4 Å². The maximum atomic E-state index is 12.7. The molecule has 0 aliphatic rings. The third-order valence-corrected chi connectivity index (χ3v) is 3.72. The molecule has 0 aliphatic heterocycles. The minimum Gasteiger partial charge on any atom is -0.350 e. The van der Waals surface area contributed by atoms with Crippen LogP contribution in [0.5, 0.6) is 0 Å². The van der Waals surface area contributed by atoms with Crippen LogP contribution < -0.4 is 0 Å². The number of rotatable bonds is 5. The fourth-order valence-electron chi connectivity index (χ4n) is 1.88. The molecule has 2 aromatic rings. The number of benzene rings is 1. The number of aromatic nitrogens is 1. The summed E-state index contributed by atoms with van der Waals surface area (Å²) in [4.78, 5) is 4.33. The monoisotopic (exact) mass is 317 g/mol. The van der Waals surface area contributed by atoms with Crippen LogP contribution >= 0.6 is 11.3 Å². The van der Waals surface area contributed by atoms with E-state index in [4.69, 9.17) is 9.47 Å². The van der Waals surface area contributed by atoms with E-state index in [1.54, 1.807) is 11.4 Å². The van der Waals surface area contributed by atoms with Crippen molar-refractivity contribution in [1.82, 2.24) is 4.98 Å². The summed E-state index contributed by atoms with van der Waals surface area (Å²) in [5, 5.41) is 2.49. The first kappa shape index (κ1) is 15.9. The van der Waals surface area contributed by atoms with Gasteiger partial charge < -0.3 is 9.47 Å². The Balaban J connectivity index is 2.15. The van der Waals surface area contributed by atoms with E-state index in [2.05, 4.69) is 4.98 Å². The molecule has 1 aromatic carbocycles. The molecule has 0 saturated carbocycles. The van der Waals surface area contributed by atoms with E-state index in [1.807, 2.05) is 0 Å². The summed E-state index contributed by atoms with van der Waals surface area (Å²) in [6, 6.07) is 5.26. The van der Waals surface area contributed by atoms with Crippen LogP contribution in [0, 0.1) is 0 Å². The minimum atomic E-state index is -4.33. The molecular formula is C14H14F3NO2S. The lowest BCUT2D eigenvalue weighted by Crippen LogP contribution is -2.05. The Labute approximate surface area is 124 Å². The molecule has 1 aromatic heterocycles. The molecular weight excluding hydrogens is 303 g/mol. The van der Waals surface area contributed by atoms with Gasteiger partial charge in [0.15, 0.2) is 0 Å². The number of thiazole rings is 1. The van der Waals surface area contributed by atoms with Crippen molar-refractivity contribution >= 4 is 11.3 Å². The SMILES string of the molecule is COC(OC)c1csc(Cc2cccc(C(F)(F)F)c2)n1. The molecule has 0 amide bonds. The summed E-state index contributed by atoms with van der Waals surface area (Å²) < 4.78 is 48.2. The van der Waals surface area contributed by atoms with Gasteiger partial charge in [-0.15, -0.1) is 11.3 Å². The molecule has 0 unspecified atom stereocenters. The second-order valence-corrected chi connectivity index (χ2v) is 5.29. The fourth-order valence-corrected chi connectivity index (χ4v) is 2.71. The van der Waals surface area contributed by atoms with Crippen molar-refractivity contribution in [2.24, 2.45) is 0 Å². The molecule has 0 N–H and O–H groups in total. The van der Waals surface area contributed by atoms with Gasteiger partial charge >= 0.3 is 6.18 Å². The van der Waals surface area contributed by atoms with Gasteiger partial charge in [0.25, 0.3) is 0 Å².